The van der Waals surface area contributed by atoms with Gasteiger partial charge in [-0.1, -0.05) is 30.3 Å². The van der Waals surface area contributed by atoms with Crippen LogP contribution < -0.4 is 15.4 Å². The molecule has 1 aromatic heterocycles. The molecular formula is C28H33N5O6S. The van der Waals surface area contributed by atoms with Gasteiger partial charge in [-0.15, -0.1) is 0 Å². The highest BCUT2D eigenvalue weighted by Gasteiger charge is 2.31. The van der Waals surface area contributed by atoms with Crippen molar-refractivity contribution in [3.05, 3.63) is 72.1 Å². The van der Waals surface area contributed by atoms with E-state index in [1.807, 2.05) is 44.2 Å². The van der Waals surface area contributed by atoms with E-state index in [1.54, 1.807) is 30.5 Å². The molecule has 2 aromatic carbocycles. The van der Waals surface area contributed by atoms with Crippen molar-refractivity contribution in [2.75, 3.05) is 45.2 Å². The maximum atomic E-state index is 12.7. The first-order valence-corrected chi connectivity index (χ1v) is 14.2. The summed E-state index contributed by atoms with van der Waals surface area (Å²) in [6.45, 7) is 5.75. The molecule has 1 fully saturated rings. The standard InChI is InChI=1S/C28H33N5O6S/c1-28(2,19-32-12-14-33(15-13-32)40(36,37)16-11-21-7-5-4-6-8-21)31-27(35)26(34)30-22-9-10-23(24(17-22)38-3)25-18-29-20-39-25/h4-11,16-18,20H,12-15,19H2,1-3H3,(H,30,34)(H,31,35). The van der Waals surface area contributed by atoms with Crippen LogP contribution in [-0.2, 0) is 19.6 Å². The van der Waals surface area contributed by atoms with Crippen molar-refractivity contribution in [2.24, 2.45) is 0 Å². The van der Waals surface area contributed by atoms with Crippen LogP contribution in [0.1, 0.15) is 19.4 Å². The topological polar surface area (TPSA) is 134 Å². The largest absolute Gasteiger partial charge is 0.496 e. The van der Waals surface area contributed by atoms with Gasteiger partial charge in [0.2, 0.25) is 10.0 Å². The van der Waals surface area contributed by atoms with Crippen LogP contribution in [0.4, 0.5) is 5.69 Å². The predicted octanol–water partition coefficient (Wildman–Crippen LogP) is 2.80. The molecule has 40 heavy (non-hydrogen) atoms. The van der Waals surface area contributed by atoms with E-state index in [1.165, 1.54) is 23.2 Å². The molecule has 4 rings (SSSR count). The number of aromatic nitrogens is 1. The van der Waals surface area contributed by atoms with Gasteiger partial charge in [0.25, 0.3) is 0 Å². The Kier molecular flexibility index (Phi) is 9.03. The SMILES string of the molecule is COc1cc(NC(=O)C(=O)NC(C)(C)CN2CCN(S(=O)(=O)C=Cc3ccccc3)CC2)ccc1-c1cnco1. The third-order valence-corrected chi connectivity index (χ3v) is 7.92. The number of nitrogens with one attached hydrogen (secondary N) is 2. The van der Waals surface area contributed by atoms with E-state index in [2.05, 4.69) is 20.5 Å². The number of carbonyl (C=O) groups is 2. The molecule has 212 valence electrons. The number of oxazole rings is 1. The van der Waals surface area contributed by atoms with Crippen molar-refractivity contribution >= 4 is 33.6 Å². The normalized spacial score (nSPS) is 15.2. The molecule has 1 aliphatic heterocycles. The molecule has 0 radical (unpaired) electrons. The van der Waals surface area contributed by atoms with Gasteiger partial charge in [0.05, 0.1) is 18.9 Å². The van der Waals surface area contributed by atoms with E-state index < -0.39 is 27.4 Å². The quantitative estimate of drug-likeness (QED) is 0.377. The summed E-state index contributed by atoms with van der Waals surface area (Å²) in [5.41, 5.74) is 1.12. The Morgan fingerprint density at radius 3 is 2.45 bits per heavy atom. The number of amides is 2. The summed E-state index contributed by atoms with van der Waals surface area (Å²) in [5, 5.41) is 6.60. The first-order valence-electron chi connectivity index (χ1n) is 12.7. The van der Waals surface area contributed by atoms with Gasteiger partial charge in [-0.05, 0) is 37.6 Å². The minimum atomic E-state index is -3.54. The van der Waals surface area contributed by atoms with Crippen LogP contribution in [0.5, 0.6) is 5.75 Å². The van der Waals surface area contributed by atoms with Gasteiger partial charge >= 0.3 is 11.8 Å². The van der Waals surface area contributed by atoms with Crippen molar-refractivity contribution in [1.29, 1.82) is 0 Å². The maximum absolute atomic E-state index is 12.7. The number of benzene rings is 2. The van der Waals surface area contributed by atoms with Gasteiger partial charge in [0.1, 0.15) is 5.75 Å². The number of hydrogen-bond acceptors (Lipinski definition) is 8. The summed E-state index contributed by atoms with van der Waals surface area (Å²) >= 11 is 0. The first kappa shape index (κ1) is 29.0. The van der Waals surface area contributed by atoms with Crippen LogP contribution >= 0.6 is 0 Å². The molecular weight excluding hydrogens is 534 g/mol. The molecule has 0 aliphatic carbocycles. The molecule has 0 bridgehead atoms. The summed E-state index contributed by atoms with van der Waals surface area (Å²) < 4.78 is 37.6. The lowest BCUT2D eigenvalue weighted by Gasteiger charge is -2.38. The Morgan fingerprint density at radius 1 is 1.07 bits per heavy atom. The summed E-state index contributed by atoms with van der Waals surface area (Å²) in [6.07, 6.45) is 4.45. The van der Waals surface area contributed by atoms with Gasteiger partial charge in [-0.3, -0.25) is 14.5 Å². The van der Waals surface area contributed by atoms with Crippen molar-refractivity contribution in [2.45, 2.75) is 19.4 Å². The molecule has 11 nitrogen and oxygen atoms in total. The molecule has 0 atom stereocenters. The fraction of sp³-hybridized carbons (Fsp3) is 0.321. The van der Waals surface area contributed by atoms with Gasteiger partial charge in [0.15, 0.2) is 12.2 Å². The van der Waals surface area contributed by atoms with Gasteiger partial charge in [-0.2, -0.15) is 4.31 Å². The second kappa shape index (κ2) is 12.5. The van der Waals surface area contributed by atoms with Gasteiger partial charge < -0.3 is 19.8 Å². The first-order chi connectivity index (χ1) is 19.1. The van der Waals surface area contributed by atoms with Crippen LogP contribution in [0.25, 0.3) is 17.4 Å². The van der Waals surface area contributed by atoms with Gasteiger partial charge in [0, 0.05) is 55.4 Å². The number of methoxy groups -OCH3 is 1. The highest BCUT2D eigenvalue weighted by molar-refractivity contribution is 7.92. The van der Waals surface area contributed by atoms with Crippen LogP contribution in [-0.4, -0.2) is 79.8 Å². The molecule has 3 aromatic rings. The van der Waals surface area contributed by atoms with Crippen molar-refractivity contribution in [1.82, 2.24) is 19.5 Å². The molecule has 0 saturated carbocycles. The Balaban J connectivity index is 1.28. The average Bonchev–Trinajstić information content (AvgIpc) is 3.47. The van der Waals surface area contributed by atoms with E-state index >= 15 is 0 Å². The number of sulfonamides is 1. The summed E-state index contributed by atoms with van der Waals surface area (Å²) in [4.78, 5) is 31.3. The Morgan fingerprint density at radius 2 is 1.80 bits per heavy atom. The molecule has 12 heteroatoms. The fourth-order valence-electron chi connectivity index (χ4n) is 4.43. The number of piperazine rings is 1. The maximum Gasteiger partial charge on any atom is 0.313 e. The second-order valence-corrected chi connectivity index (χ2v) is 11.8. The summed E-state index contributed by atoms with van der Waals surface area (Å²) in [7, 11) is -2.05. The van der Waals surface area contributed by atoms with Crippen molar-refractivity contribution in [3.8, 4) is 17.1 Å². The lowest BCUT2D eigenvalue weighted by Crippen LogP contribution is -2.57. The van der Waals surface area contributed by atoms with Crippen molar-refractivity contribution in [3.63, 3.8) is 0 Å². The third-order valence-electron chi connectivity index (χ3n) is 6.36. The zero-order valence-electron chi connectivity index (χ0n) is 22.7. The Bertz CT molecular complexity index is 1450. The molecule has 2 N–H and O–H groups in total. The summed E-state index contributed by atoms with van der Waals surface area (Å²) in [5.74, 6) is -0.637. The van der Waals surface area contributed by atoms with Crippen LogP contribution in [0.3, 0.4) is 0 Å². The molecule has 2 heterocycles. The number of rotatable bonds is 9. The van der Waals surface area contributed by atoms with E-state index in [9.17, 15) is 18.0 Å². The van der Waals surface area contributed by atoms with Crippen LogP contribution in [0.15, 0.2) is 70.9 Å². The van der Waals surface area contributed by atoms with E-state index in [0.717, 1.165) is 5.56 Å². The van der Waals surface area contributed by atoms with E-state index in [4.69, 9.17) is 9.15 Å². The molecule has 1 saturated heterocycles. The number of nitrogens with zero attached hydrogens (tertiary/aromatic N) is 3. The average molecular weight is 568 g/mol. The smallest absolute Gasteiger partial charge is 0.313 e. The summed E-state index contributed by atoms with van der Waals surface area (Å²) in [6, 6.07) is 14.2. The zero-order chi connectivity index (χ0) is 28.8. The highest BCUT2D eigenvalue weighted by atomic mass is 32.2. The minimum Gasteiger partial charge on any atom is -0.496 e. The van der Waals surface area contributed by atoms with E-state index in [0.29, 0.717) is 55.5 Å². The Labute approximate surface area is 233 Å². The fourth-order valence-corrected chi connectivity index (χ4v) is 5.60. The van der Waals surface area contributed by atoms with Gasteiger partial charge in [-0.25, -0.2) is 13.4 Å². The predicted molar refractivity (Wildman–Crippen MR) is 152 cm³/mol. The second-order valence-electron chi connectivity index (χ2n) is 10.0. The molecule has 2 amide bonds. The van der Waals surface area contributed by atoms with Crippen molar-refractivity contribution < 1.29 is 27.2 Å². The number of carbonyl (C=O) groups excluding carboxylic acids is 2. The third kappa shape index (κ3) is 7.56. The zero-order valence-corrected chi connectivity index (χ0v) is 23.5. The van der Waals surface area contributed by atoms with Crippen LogP contribution in [0, 0.1) is 0 Å². The highest BCUT2D eigenvalue weighted by Crippen LogP contribution is 2.32. The Hall–Kier alpha value is -4.00. The van der Waals surface area contributed by atoms with E-state index in [-0.39, 0.29) is 0 Å². The lowest BCUT2D eigenvalue weighted by atomic mass is 10.0. The monoisotopic (exact) mass is 567 g/mol. The minimum absolute atomic E-state index is 0.331. The lowest BCUT2D eigenvalue weighted by molar-refractivity contribution is -0.137. The molecule has 0 unspecified atom stereocenters. The number of hydrogen-bond donors (Lipinski definition) is 2. The molecule has 1 aliphatic rings. The number of anilines is 1. The number of ether oxygens (including phenoxy) is 1. The van der Waals surface area contributed by atoms with Crippen LogP contribution in [0.2, 0.25) is 0 Å². The molecule has 0 spiro atoms.